The second kappa shape index (κ2) is 11.6. The number of sulfonamides is 1. The molecule has 5 nitrogen and oxygen atoms in total. The van der Waals surface area contributed by atoms with Gasteiger partial charge in [0.1, 0.15) is 6.54 Å². The van der Waals surface area contributed by atoms with Gasteiger partial charge in [-0.05, 0) is 74.0 Å². The van der Waals surface area contributed by atoms with Gasteiger partial charge in [0.25, 0.3) is 10.0 Å². The van der Waals surface area contributed by atoms with Gasteiger partial charge in [-0.2, -0.15) is 0 Å². The third-order valence-electron chi connectivity index (χ3n) is 4.98. The van der Waals surface area contributed by atoms with Crippen LogP contribution in [0.4, 0.5) is 5.69 Å². The number of carbonyl (C=O) groups excluding carboxylic acids is 1. The summed E-state index contributed by atoms with van der Waals surface area (Å²) in [6.45, 7) is 3.82. The zero-order chi connectivity index (χ0) is 23.8. The second-order valence-electron chi connectivity index (χ2n) is 7.62. The highest BCUT2D eigenvalue weighted by molar-refractivity contribution is 7.99. The molecule has 3 aromatic carbocycles. The van der Waals surface area contributed by atoms with Crippen LogP contribution in [-0.4, -0.2) is 33.2 Å². The van der Waals surface area contributed by atoms with Crippen LogP contribution in [-0.2, 0) is 14.8 Å². The molecule has 3 rings (SSSR count). The third-order valence-corrected chi connectivity index (χ3v) is 8.09. The zero-order valence-corrected chi connectivity index (χ0v) is 21.0. The van der Waals surface area contributed by atoms with Crippen molar-refractivity contribution in [2.24, 2.45) is 0 Å². The van der Waals surface area contributed by atoms with Crippen molar-refractivity contribution in [1.29, 1.82) is 0 Å². The molecule has 8 heteroatoms. The van der Waals surface area contributed by atoms with Gasteiger partial charge >= 0.3 is 0 Å². The first-order valence-corrected chi connectivity index (χ1v) is 13.4. The lowest BCUT2D eigenvalue weighted by Crippen LogP contribution is -2.41. The number of halogens is 1. The Morgan fingerprint density at radius 1 is 1.00 bits per heavy atom. The Balaban J connectivity index is 1.70. The third kappa shape index (κ3) is 7.00. The molecule has 0 bridgehead atoms. The number of hydrogen-bond acceptors (Lipinski definition) is 4. The fraction of sp³-hybridized carbons (Fsp3) is 0.240. The van der Waals surface area contributed by atoms with E-state index in [0.717, 1.165) is 22.0 Å². The van der Waals surface area contributed by atoms with Gasteiger partial charge in [0.05, 0.1) is 10.6 Å². The molecule has 0 aliphatic heterocycles. The van der Waals surface area contributed by atoms with Crippen molar-refractivity contribution in [2.45, 2.75) is 30.1 Å². The largest absolute Gasteiger partial charge is 0.354 e. The standard InChI is InChI=1S/C25H27ClN2O3S2/c1-19-9-12-23(13-10-19)33(30,31)28(24-14-11-21(26)17-20(24)2)18-25(29)27-15-6-16-32-22-7-4-3-5-8-22/h3-5,7-14,17H,6,15-16,18H2,1-2H3,(H,27,29). The number of thioether (sulfide) groups is 1. The van der Waals surface area contributed by atoms with Gasteiger partial charge in [0.15, 0.2) is 0 Å². The minimum atomic E-state index is -3.95. The Morgan fingerprint density at radius 3 is 2.36 bits per heavy atom. The Kier molecular flexibility index (Phi) is 8.83. The summed E-state index contributed by atoms with van der Waals surface area (Å²) in [5, 5.41) is 3.35. The molecule has 33 heavy (non-hydrogen) atoms. The molecule has 174 valence electrons. The van der Waals surface area contributed by atoms with E-state index in [0.29, 0.717) is 22.8 Å². The molecule has 0 aliphatic carbocycles. The summed E-state index contributed by atoms with van der Waals surface area (Å²) in [6.07, 6.45) is 0.774. The number of aryl methyl sites for hydroxylation is 2. The Bertz CT molecular complexity index is 1180. The molecule has 0 aliphatic rings. The summed E-state index contributed by atoms with van der Waals surface area (Å²) in [5.41, 5.74) is 2.05. The molecule has 0 atom stereocenters. The van der Waals surface area contributed by atoms with Gasteiger partial charge in [0.2, 0.25) is 5.91 Å². The van der Waals surface area contributed by atoms with Crippen LogP contribution in [0.5, 0.6) is 0 Å². The normalized spacial score (nSPS) is 11.2. The van der Waals surface area contributed by atoms with E-state index in [4.69, 9.17) is 11.6 Å². The van der Waals surface area contributed by atoms with E-state index in [1.807, 2.05) is 37.3 Å². The predicted octanol–water partition coefficient (Wildman–Crippen LogP) is 5.45. The van der Waals surface area contributed by atoms with Crippen molar-refractivity contribution >= 4 is 45.0 Å². The molecular weight excluding hydrogens is 476 g/mol. The lowest BCUT2D eigenvalue weighted by atomic mass is 10.2. The number of anilines is 1. The quantitative estimate of drug-likeness (QED) is 0.295. The summed E-state index contributed by atoms with van der Waals surface area (Å²) in [4.78, 5) is 14.0. The molecule has 3 aromatic rings. The van der Waals surface area contributed by atoms with E-state index in [2.05, 4.69) is 5.32 Å². The van der Waals surface area contributed by atoms with Gasteiger partial charge in [-0.1, -0.05) is 47.5 Å². The first-order chi connectivity index (χ1) is 15.8. The lowest BCUT2D eigenvalue weighted by molar-refractivity contribution is -0.119. The van der Waals surface area contributed by atoms with Gasteiger partial charge in [-0.3, -0.25) is 9.10 Å². The van der Waals surface area contributed by atoms with E-state index in [1.165, 1.54) is 4.90 Å². The first kappa shape index (κ1) is 25.1. The van der Waals surface area contributed by atoms with Crippen LogP contribution >= 0.6 is 23.4 Å². The zero-order valence-electron chi connectivity index (χ0n) is 18.6. The molecular formula is C25H27ClN2O3S2. The summed E-state index contributed by atoms with van der Waals surface area (Å²) in [5.74, 6) is 0.496. The summed E-state index contributed by atoms with van der Waals surface area (Å²) in [6, 6.07) is 21.6. The maximum Gasteiger partial charge on any atom is 0.264 e. The molecule has 0 heterocycles. The minimum Gasteiger partial charge on any atom is -0.354 e. The van der Waals surface area contributed by atoms with Crippen LogP contribution in [0.3, 0.4) is 0 Å². The molecule has 0 unspecified atom stereocenters. The van der Waals surface area contributed by atoms with Crippen molar-refractivity contribution in [3.05, 3.63) is 88.9 Å². The van der Waals surface area contributed by atoms with Crippen molar-refractivity contribution in [3.8, 4) is 0 Å². The Hall–Kier alpha value is -2.48. The number of hydrogen-bond donors (Lipinski definition) is 1. The summed E-state index contributed by atoms with van der Waals surface area (Å²) in [7, 11) is -3.95. The van der Waals surface area contributed by atoms with Crippen molar-refractivity contribution in [2.75, 3.05) is 23.1 Å². The molecule has 0 fully saturated rings. The van der Waals surface area contributed by atoms with Crippen molar-refractivity contribution in [3.63, 3.8) is 0 Å². The lowest BCUT2D eigenvalue weighted by Gasteiger charge is -2.26. The molecule has 0 spiro atoms. The number of rotatable bonds is 10. The maximum absolute atomic E-state index is 13.5. The van der Waals surface area contributed by atoms with E-state index in [-0.39, 0.29) is 17.3 Å². The fourth-order valence-electron chi connectivity index (χ4n) is 3.23. The highest BCUT2D eigenvalue weighted by Gasteiger charge is 2.28. The highest BCUT2D eigenvalue weighted by atomic mass is 35.5. The fourth-order valence-corrected chi connectivity index (χ4v) is 5.81. The van der Waals surface area contributed by atoms with Crippen LogP contribution in [0.15, 0.2) is 82.6 Å². The van der Waals surface area contributed by atoms with Crippen LogP contribution < -0.4 is 9.62 Å². The van der Waals surface area contributed by atoms with Gasteiger partial charge in [0, 0.05) is 16.5 Å². The van der Waals surface area contributed by atoms with Gasteiger partial charge in [-0.15, -0.1) is 11.8 Å². The predicted molar refractivity (Wildman–Crippen MR) is 137 cm³/mol. The molecule has 1 amide bonds. The first-order valence-electron chi connectivity index (χ1n) is 10.6. The highest BCUT2D eigenvalue weighted by Crippen LogP contribution is 2.29. The maximum atomic E-state index is 13.5. The molecule has 0 radical (unpaired) electrons. The topological polar surface area (TPSA) is 66.5 Å². The summed E-state index contributed by atoms with van der Waals surface area (Å²) < 4.78 is 28.1. The van der Waals surface area contributed by atoms with Gasteiger partial charge in [-0.25, -0.2) is 8.42 Å². The number of nitrogens with zero attached hydrogens (tertiary/aromatic N) is 1. The van der Waals surface area contributed by atoms with Crippen LogP contribution in [0.25, 0.3) is 0 Å². The second-order valence-corrected chi connectivity index (χ2v) is 11.1. The van der Waals surface area contributed by atoms with Crippen molar-refractivity contribution in [1.82, 2.24) is 5.32 Å². The molecule has 0 aromatic heterocycles. The monoisotopic (exact) mass is 502 g/mol. The number of carbonyl (C=O) groups is 1. The molecule has 0 saturated carbocycles. The average Bonchev–Trinajstić information content (AvgIpc) is 2.78. The summed E-state index contributed by atoms with van der Waals surface area (Å²) >= 11 is 7.79. The van der Waals surface area contributed by atoms with Crippen LogP contribution in [0.2, 0.25) is 5.02 Å². The van der Waals surface area contributed by atoms with E-state index in [9.17, 15) is 13.2 Å². The van der Waals surface area contributed by atoms with Gasteiger partial charge < -0.3 is 5.32 Å². The SMILES string of the molecule is Cc1ccc(S(=O)(=O)N(CC(=O)NCCCSc2ccccc2)c2ccc(Cl)cc2C)cc1. The molecule has 0 saturated heterocycles. The van der Waals surface area contributed by atoms with E-state index >= 15 is 0 Å². The number of benzene rings is 3. The van der Waals surface area contributed by atoms with E-state index < -0.39 is 10.0 Å². The Labute approximate surface area is 205 Å². The molecule has 1 N–H and O–H groups in total. The van der Waals surface area contributed by atoms with Crippen LogP contribution in [0.1, 0.15) is 17.5 Å². The van der Waals surface area contributed by atoms with E-state index in [1.54, 1.807) is 61.2 Å². The van der Waals surface area contributed by atoms with Crippen LogP contribution in [0, 0.1) is 13.8 Å². The number of nitrogens with one attached hydrogen (secondary N) is 1. The minimum absolute atomic E-state index is 0.134. The smallest absolute Gasteiger partial charge is 0.264 e. The number of amides is 1. The Morgan fingerprint density at radius 2 is 1.70 bits per heavy atom. The average molecular weight is 503 g/mol. The van der Waals surface area contributed by atoms with Crippen molar-refractivity contribution < 1.29 is 13.2 Å².